The van der Waals surface area contributed by atoms with Gasteiger partial charge in [0.05, 0.1) is 23.2 Å². The molecule has 160 valence electrons. The third-order valence-corrected chi connectivity index (χ3v) is 5.20. The smallest absolute Gasteiger partial charge is 0.214 e. The molecule has 0 atom stereocenters. The zero-order chi connectivity index (χ0) is 21.7. The van der Waals surface area contributed by atoms with Gasteiger partial charge in [-0.1, -0.05) is 36.2 Å². The Kier molecular flexibility index (Phi) is 7.58. The number of aryl methyl sites for hydroxylation is 1. The van der Waals surface area contributed by atoms with Crippen molar-refractivity contribution in [2.45, 2.75) is 33.4 Å². The molecule has 0 aliphatic carbocycles. The van der Waals surface area contributed by atoms with Crippen molar-refractivity contribution in [1.82, 2.24) is 14.9 Å². The van der Waals surface area contributed by atoms with Crippen molar-refractivity contribution >= 4 is 35.4 Å². The summed E-state index contributed by atoms with van der Waals surface area (Å²) < 4.78 is 27.7. The minimum absolute atomic E-state index is 0.0764. The van der Waals surface area contributed by atoms with Gasteiger partial charge < -0.3 is 14.9 Å². The molecule has 30 heavy (non-hydrogen) atoms. The third-order valence-electron chi connectivity index (χ3n) is 4.29. The topological polar surface area (TPSA) is 64.1 Å². The van der Waals surface area contributed by atoms with Crippen LogP contribution in [0, 0.1) is 10.6 Å². The van der Waals surface area contributed by atoms with Gasteiger partial charge in [0.15, 0.2) is 17.3 Å². The van der Waals surface area contributed by atoms with Crippen molar-refractivity contribution in [3.8, 4) is 11.5 Å². The fourth-order valence-electron chi connectivity index (χ4n) is 2.84. The standard InChI is InChI=1S/C20H21Cl2FN4O2S/c1-3-18-25-26-20(30)27(18)24-10-12-8-15(22)19(17(9-12)28-4-2)29-11-13-14(21)6-5-7-16(13)23/h5-9,24H,3-4,10-11H2,1-2H3,(H,26,30). The molecule has 0 bridgehead atoms. The minimum atomic E-state index is -0.444. The van der Waals surface area contributed by atoms with Crippen molar-refractivity contribution in [3.05, 3.63) is 67.9 Å². The quantitative estimate of drug-likeness (QED) is 0.394. The first-order valence-corrected chi connectivity index (χ1v) is 10.5. The fourth-order valence-corrected chi connectivity index (χ4v) is 3.56. The maximum absolute atomic E-state index is 14.0. The summed E-state index contributed by atoms with van der Waals surface area (Å²) >= 11 is 17.8. The number of H-pyrrole nitrogens is 1. The van der Waals surface area contributed by atoms with Crippen molar-refractivity contribution in [3.63, 3.8) is 0 Å². The van der Waals surface area contributed by atoms with Gasteiger partial charge in [-0.15, -0.1) is 0 Å². The van der Waals surface area contributed by atoms with Gasteiger partial charge in [-0.2, -0.15) is 5.10 Å². The van der Waals surface area contributed by atoms with Gasteiger partial charge >= 0.3 is 0 Å². The second-order valence-corrected chi connectivity index (χ2v) is 7.50. The van der Waals surface area contributed by atoms with Gasteiger partial charge in [0.2, 0.25) is 4.77 Å². The second-order valence-electron chi connectivity index (χ2n) is 6.30. The van der Waals surface area contributed by atoms with Gasteiger partial charge in [-0.25, -0.2) is 9.07 Å². The van der Waals surface area contributed by atoms with Crippen LogP contribution >= 0.6 is 35.4 Å². The molecule has 0 unspecified atom stereocenters. The maximum atomic E-state index is 14.0. The molecule has 1 aromatic heterocycles. The van der Waals surface area contributed by atoms with E-state index in [9.17, 15) is 4.39 Å². The Morgan fingerprint density at radius 3 is 2.70 bits per heavy atom. The molecule has 2 N–H and O–H groups in total. The van der Waals surface area contributed by atoms with E-state index in [2.05, 4.69) is 15.6 Å². The lowest BCUT2D eigenvalue weighted by Gasteiger charge is -2.17. The monoisotopic (exact) mass is 470 g/mol. The zero-order valence-corrected chi connectivity index (χ0v) is 18.8. The zero-order valence-electron chi connectivity index (χ0n) is 16.5. The van der Waals surface area contributed by atoms with Crippen LogP contribution < -0.4 is 14.9 Å². The Morgan fingerprint density at radius 1 is 1.20 bits per heavy atom. The highest BCUT2D eigenvalue weighted by molar-refractivity contribution is 7.71. The third kappa shape index (κ3) is 5.06. The Labute approximate surface area is 188 Å². The molecule has 0 saturated carbocycles. The molecule has 0 aliphatic rings. The molecule has 0 amide bonds. The van der Waals surface area contributed by atoms with E-state index in [1.54, 1.807) is 16.8 Å². The average molecular weight is 471 g/mol. The van der Waals surface area contributed by atoms with Crippen LogP contribution in [0.3, 0.4) is 0 Å². The first kappa shape index (κ1) is 22.4. The van der Waals surface area contributed by atoms with Crippen LogP contribution in [0.2, 0.25) is 10.0 Å². The number of rotatable bonds is 9. The number of hydrogen-bond acceptors (Lipinski definition) is 5. The molecule has 6 nitrogen and oxygen atoms in total. The van der Waals surface area contributed by atoms with Crippen LogP contribution in [0.5, 0.6) is 11.5 Å². The van der Waals surface area contributed by atoms with Crippen molar-refractivity contribution in [2.75, 3.05) is 12.0 Å². The summed E-state index contributed by atoms with van der Waals surface area (Å²) in [4.78, 5) is 0. The van der Waals surface area contributed by atoms with Gasteiger partial charge in [-0.05, 0) is 49.0 Å². The molecule has 0 saturated heterocycles. The van der Waals surface area contributed by atoms with Crippen molar-refractivity contribution in [1.29, 1.82) is 0 Å². The van der Waals surface area contributed by atoms with Crippen LogP contribution in [0.4, 0.5) is 4.39 Å². The number of hydrogen-bond donors (Lipinski definition) is 2. The van der Waals surface area contributed by atoms with Crippen LogP contribution in [0.15, 0.2) is 30.3 Å². The Bertz CT molecular complexity index is 1070. The van der Waals surface area contributed by atoms with Crippen LogP contribution in [0.1, 0.15) is 30.8 Å². The Morgan fingerprint density at radius 2 is 2.00 bits per heavy atom. The van der Waals surface area contributed by atoms with Gasteiger partial charge in [0.1, 0.15) is 12.4 Å². The summed E-state index contributed by atoms with van der Waals surface area (Å²) in [6, 6.07) is 8.04. The van der Waals surface area contributed by atoms with Crippen LogP contribution in [-0.4, -0.2) is 21.5 Å². The highest BCUT2D eigenvalue weighted by Crippen LogP contribution is 2.38. The summed E-state index contributed by atoms with van der Waals surface area (Å²) in [6.07, 6.45) is 0.719. The van der Waals surface area contributed by atoms with E-state index >= 15 is 0 Å². The summed E-state index contributed by atoms with van der Waals surface area (Å²) in [7, 11) is 0. The van der Waals surface area contributed by atoms with E-state index in [1.165, 1.54) is 12.1 Å². The van der Waals surface area contributed by atoms with Crippen LogP contribution in [0.25, 0.3) is 0 Å². The summed E-state index contributed by atoms with van der Waals surface area (Å²) in [5.41, 5.74) is 4.32. The van der Waals surface area contributed by atoms with Gasteiger partial charge in [0, 0.05) is 12.0 Å². The minimum Gasteiger partial charge on any atom is -0.490 e. The predicted molar refractivity (Wildman–Crippen MR) is 118 cm³/mol. The van der Waals surface area contributed by atoms with E-state index < -0.39 is 5.82 Å². The van der Waals surface area contributed by atoms with E-state index in [1.807, 2.05) is 19.9 Å². The predicted octanol–water partition coefficient (Wildman–Crippen LogP) is 5.67. The SMILES string of the molecule is CCOc1cc(CNn2c(CC)n[nH]c2=S)cc(Cl)c1OCc1c(F)cccc1Cl. The van der Waals surface area contributed by atoms with E-state index in [4.69, 9.17) is 44.9 Å². The van der Waals surface area contributed by atoms with Gasteiger partial charge in [-0.3, -0.25) is 5.10 Å². The second kappa shape index (κ2) is 10.1. The molecule has 1 heterocycles. The molecular formula is C20H21Cl2FN4O2S. The number of aromatic amines is 1. The lowest BCUT2D eigenvalue weighted by molar-refractivity contribution is 0.266. The summed E-state index contributed by atoms with van der Waals surface area (Å²) in [6.45, 7) is 4.61. The van der Waals surface area contributed by atoms with E-state index in [0.717, 1.165) is 17.8 Å². The molecule has 10 heteroatoms. The molecule has 2 aromatic carbocycles. The number of aromatic nitrogens is 3. The van der Waals surface area contributed by atoms with E-state index in [0.29, 0.717) is 34.4 Å². The number of nitrogens with one attached hydrogen (secondary N) is 2. The molecule has 0 fully saturated rings. The maximum Gasteiger partial charge on any atom is 0.214 e. The molecule has 0 spiro atoms. The molecule has 3 rings (SSSR count). The number of nitrogens with zero attached hydrogens (tertiary/aromatic N) is 2. The molecular weight excluding hydrogens is 450 g/mol. The molecule has 3 aromatic rings. The highest BCUT2D eigenvalue weighted by Gasteiger charge is 2.15. The van der Waals surface area contributed by atoms with Crippen LogP contribution in [-0.2, 0) is 19.6 Å². The number of benzene rings is 2. The summed E-state index contributed by atoms with van der Waals surface area (Å²) in [5, 5.41) is 7.55. The number of halogens is 3. The largest absolute Gasteiger partial charge is 0.490 e. The lowest BCUT2D eigenvalue weighted by atomic mass is 10.2. The fraction of sp³-hybridized carbons (Fsp3) is 0.300. The lowest BCUT2D eigenvalue weighted by Crippen LogP contribution is -2.17. The first-order chi connectivity index (χ1) is 14.4. The normalized spacial score (nSPS) is 10.8. The van der Waals surface area contributed by atoms with Crippen molar-refractivity contribution < 1.29 is 13.9 Å². The van der Waals surface area contributed by atoms with Crippen molar-refractivity contribution in [2.24, 2.45) is 0 Å². The van der Waals surface area contributed by atoms with E-state index in [-0.39, 0.29) is 17.2 Å². The number of ether oxygens (including phenoxy) is 2. The molecule has 0 aliphatic heterocycles. The molecule has 0 radical (unpaired) electrons. The highest BCUT2D eigenvalue weighted by atomic mass is 35.5. The average Bonchev–Trinajstić information content (AvgIpc) is 3.07. The Hall–Kier alpha value is -2.29. The summed E-state index contributed by atoms with van der Waals surface area (Å²) in [5.74, 6) is 1.13. The Balaban J connectivity index is 1.81. The first-order valence-electron chi connectivity index (χ1n) is 9.35. The van der Waals surface area contributed by atoms with Gasteiger partial charge in [0.25, 0.3) is 0 Å².